The summed E-state index contributed by atoms with van der Waals surface area (Å²) in [6.07, 6.45) is 4.76. The molecule has 0 unspecified atom stereocenters. The van der Waals surface area contributed by atoms with E-state index in [1.54, 1.807) is 4.68 Å². The van der Waals surface area contributed by atoms with Crippen LogP contribution in [0.1, 0.15) is 17.0 Å². The van der Waals surface area contributed by atoms with Crippen LogP contribution in [0.5, 0.6) is 0 Å². The smallest absolute Gasteiger partial charge is 0.227 e. The van der Waals surface area contributed by atoms with Gasteiger partial charge in [-0.25, -0.2) is 0 Å². The predicted molar refractivity (Wildman–Crippen MR) is 97.8 cm³/mol. The van der Waals surface area contributed by atoms with E-state index in [0.29, 0.717) is 0 Å². The molecule has 1 aromatic heterocycles. The number of halogens is 1. The van der Waals surface area contributed by atoms with Gasteiger partial charge in [0.05, 0.1) is 12.1 Å². The number of rotatable bonds is 5. The Morgan fingerprint density at radius 2 is 2.12 bits per heavy atom. The maximum absolute atomic E-state index is 12.9. The van der Waals surface area contributed by atoms with Crippen LogP contribution in [0.4, 0.5) is 0 Å². The van der Waals surface area contributed by atoms with E-state index in [-0.39, 0.29) is 17.7 Å². The second-order valence-corrected chi connectivity index (χ2v) is 7.37. The number of carbonyl (C=O) groups is 1. The molecule has 0 saturated carbocycles. The molecule has 0 spiro atoms. The number of nitrogens with one attached hydrogen (secondary N) is 1. The lowest BCUT2D eigenvalue weighted by Gasteiger charge is -2.24. The van der Waals surface area contributed by atoms with Crippen LogP contribution in [0.2, 0.25) is 0 Å². The first kappa shape index (κ1) is 17.2. The van der Waals surface area contributed by atoms with Crippen LogP contribution in [0, 0.1) is 5.92 Å². The molecule has 3 rings (SSSR count). The molecular weight excluding hydrogens is 368 g/mol. The molecule has 1 amide bonds. The second-order valence-electron chi connectivity index (χ2n) is 6.45. The molecule has 0 radical (unpaired) electrons. The first-order chi connectivity index (χ1) is 11.5. The standard InChI is InChI=1S/C18H23BrN4O/c1-22(8-7-13-3-5-15(19)6-4-13)18(24)17-11-20-10-16(17)14-9-21-23(2)12-14/h3-6,9,12,16-17,20H,7-8,10-11H2,1-2H3/t16-,17+/m1/s1. The van der Waals surface area contributed by atoms with E-state index in [9.17, 15) is 4.79 Å². The van der Waals surface area contributed by atoms with Crippen molar-refractivity contribution in [3.63, 3.8) is 0 Å². The van der Waals surface area contributed by atoms with Crippen LogP contribution >= 0.6 is 15.9 Å². The fourth-order valence-electron chi connectivity index (χ4n) is 3.26. The summed E-state index contributed by atoms with van der Waals surface area (Å²) in [6.45, 7) is 2.31. The predicted octanol–water partition coefficient (Wildman–Crippen LogP) is 2.19. The Bertz CT molecular complexity index is 697. The maximum atomic E-state index is 12.9. The average molecular weight is 391 g/mol. The van der Waals surface area contributed by atoms with Gasteiger partial charge in [0.15, 0.2) is 0 Å². The molecule has 5 nitrogen and oxygen atoms in total. The van der Waals surface area contributed by atoms with Gasteiger partial charge in [0.1, 0.15) is 0 Å². The molecule has 1 aliphatic heterocycles. The highest BCUT2D eigenvalue weighted by molar-refractivity contribution is 9.10. The van der Waals surface area contributed by atoms with Gasteiger partial charge in [0.25, 0.3) is 0 Å². The summed E-state index contributed by atoms with van der Waals surface area (Å²) < 4.78 is 2.87. The van der Waals surface area contributed by atoms with Crippen molar-refractivity contribution in [1.29, 1.82) is 0 Å². The van der Waals surface area contributed by atoms with E-state index in [2.05, 4.69) is 38.5 Å². The van der Waals surface area contributed by atoms with Crippen molar-refractivity contribution < 1.29 is 4.79 Å². The first-order valence-electron chi connectivity index (χ1n) is 8.23. The summed E-state index contributed by atoms with van der Waals surface area (Å²) in [6, 6.07) is 8.27. The number of hydrogen-bond acceptors (Lipinski definition) is 3. The Kier molecular flexibility index (Phi) is 5.36. The Labute approximate surface area is 151 Å². The minimum atomic E-state index is -0.0101. The second kappa shape index (κ2) is 7.49. The quantitative estimate of drug-likeness (QED) is 0.850. The molecule has 24 heavy (non-hydrogen) atoms. The van der Waals surface area contributed by atoms with Crippen molar-refractivity contribution in [2.24, 2.45) is 13.0 Å². The molecule has 1 N–H and O–H groups in total. The monoisotopic (exact) mass is 390 g/mol. The minimum absolute atomic E-state index is 0.0101. The lowest BCUT2D eigenvalue weighted by atomic mass is 9.90. The third kappa shape index (κ3) is 3.87. The molecule has 1 aromatic carbocycles. The van der Waals surface area contributed by atoms with Gasteiger partial charge in [0.2, 0.25) is 5.91 Å². The average Bonchev–Trinajstić information content (AvgIpc) is 3.21. The molecule has 1 saturated heterocycles. The molecule has 128 valence electrons. The van der Waals surface area contributed by atoms with Gasteiger partial charge in [-0.1, -0.05) is 28.1 Å². The van der Waals surface area contributed by atoms with Gasteiger partial charge in [-0.05, 0) is 29.7 Å². The van der Waals surface area contributed by atoms with E-state index in [1.165, 1.54) is 5.56 Å². The number of aryl methyl sites for hydroxylation is 1. The number of carbonyl (C=O) groups excluding carboxylic acids is 1. The van der Waals surface area contributed by atoms with E-state index in [4.69, 9.17) is 0 Å². The van der Waals surface area contributed by atoms with Crippen molar-refractivity contribution in [2.75, 3.05) is 26.7 Å². The van der Waals surface area contributed by atoms with Crippen LogP contribution in [0.15, 0.2) is 41.1 Å². The number of amides is 1. The molecule has 1 aliphatic rings. The topological polar surface area (TPSA) is 50.2 Å². The number of aromatic nitrogens is 2. The van der Waals surface area contributed by atoms with E-state index >= 15 is 0 Å². The Balaban J connectivity index is 1.61. The normalized spacial score (nSPS) is 20.3. The number of hydrogen-bond donors (Lipinski definition) is 1. The lowest BCUT2D eigenvalue weighted by Crippen LogP contribution is -2.37. The van der Waals surface area contributed by atoms with Crippen molar-refractivity contribution in [2.45, 2.75) is 12.3 Å². The van der Waals surface area contributed by atoms with E-state index in [1.807, 2.05) is 43.5 Å². The molecule has 6 heteroatoms. The van der Waals surface area contributed by atoms with Crippen LogP contribution < -0.4 is 5.32 Å². The maximum Gasteiger partial charge on any atom is 0.227 e. The zero-order valence-electron chi connectivity index (χ0n) is 14.1. The minimum Gasteiger partial charge on any atom is -0.345 e. The SMILES string of the molecule is CN(CCc1ccc(Br)cc1)C(=O)[C@H]1CNC[C@@H]1c1cnn(C)c1. The third-order valence-corrected chi connectivity index (χ3v) is 5.24. The van der Waals surface area contributed by atoms with Gasteiger partial charge >= 0.3 is 0 Å². The number of benzene rings is 1. The summed E-state index contributed by atoms with van der Waals surface area (Å²) in [7, 11) is 3.81. The Morgan fingerprint density at radius 3 is 2.79 bits per heavy atom. The van der Waals surface area contributed by atoms with Crippen LogP contribution in [0.3, 0.4) is 0 Å². The van der Waals surface area contributed by atoms with Gasteiger partial charge in [-0.2, -0.15) is 5.10 Å². The highest BCUT2D eigenvalue weighted by Gasteiger charge is 2.36. The Hall–Kier alpha value is -1.66. The summed E-state index contributed by atoms with van der Waals surface area (Å²) in [5.41, 5.74) is 2.38. The molecule has 0 bridgehead atoms. The Morgan fingerprint density at radius 1 is 1.38 bits per heavy atom. The van der Waals surface area contributed by atoms with Gasteiger partial charge in [0, 0.05) is 50.3 Å². The molecule has 2 atom stereocenters. The van der Waals surface area contributed by atoms with Gasteiger partial charge in [-0.15, -0.1) is 0 Å². The number of likely N-dealkylation sites (N-methyl/N-ethyl adjacent to an activating group) is 1. The molecule has 1 fully saturated rings. The van der Waals surface area contributed by atoms with E-state index < -0.39 is 0 Å². The molecule has 2 heterocycles. The van der Waals surface area contributed by atoms with Crippen molar-refractivity contribution >= 4 is 21.8 Å². The summed E-state index contributed by atoms with van der Waals surface area (Å²) >= 11 is 3.45. The summed E-state index contributed by atoms with van der Waals surface area (Å²) in [4.78, 5) is 14.7. The number of nitrogens with zero attached hydrogens (tertiary/aromatic N) is 3. The van der Waals surface area contributed by atoms with Crippen LogP contribution in [0.25, 0.3) is 0 Å². The zero-order valence-corrected chi connectivity index (χ0v) is 15.7. The summed E-state index contributed by atoms with van der Waals surface area (Å²) in [5.74, 6) is 0.413. The molecule has 0 aliphatic carbocycles. The third-order valence-electron chi connectivity index (χ3n) is 4.71. The molecule has 2 aromatic rings. The van der Waals surface area contributed by atoms with Crippen molar-refractivity contribution in [3.05, 3.63) is 52.3 Å². The van der Waals surface area contributed by atoms with Crippen LogP contribution in [-0.4, -0.2) is 47.3 Å². The fraction of sp³-hybridized carbons (Fsp3) is 0.444. The fourth-order valence-corrected chi connectivity index (χ4v) is 3.53. The molecular formula is C18H23BrN4O. The van der Waals surface area contributed by atoms with Crippen LogP contribution in [-0.2, 0) is 18.3 Å². The van der Waals surface area contributed by atoms with Gasteiger partial charge < -0.3 is 10.2 Å². The van der Waals surface area contributed by atoms with Gasteiger partial charge in [-0.3, -0.25) is 9.48 Å². The lowest BCUT2D eigenvalue weighted by molar-refractivity contribution is -0.134. The first-order valence-corrected chi connectivity index (χ1v) is 9.02. The largest absolute Gasteiger partial charge is 0.345 e. The zero-order chi connectivity index (χ0) is 17.1. The summed E-state index contributed by atoms with van der Waals surface area (Å²) in [5, 5.41) is 7.60. The van der Waals surface area contributed by atoms with Crippen molar-refractivity contribution in [3.8, 4) is 0 Å². The van der Waals surface area contributed by atoms with E-state index in [0.717, 1.165) is 36.1 Å². The highest BCUT2D eigenvalue weighted by atomic mass is 79.9. The highest BCUT2D eigenvalue weighted by Crippen LogP contribution is 2.29. The van der Waals surface area contributed by atoms with Crippen molar-refractivity contribution in [1.82, 2.24) is 20.0 Å².